The number of benzene rings is 3. The molecule has 5 heteroatoms. The highest BCUT2D eigenvalue weighted by Crippen LogP contribution is 2.49. The van der Waals surface area contributed by atoms with E-state index in [1.807, 2.05) is 61.2 Å². The second-order valence-corrected chi connectivity index (χ2v) is 6.98. The third-order valence-electron chi connectivity index (χ3n) is 5.37. The Kier molecular flexibility index (Phi) is 4.27. The van der Waals surface area contributed by atoms with E-state index in [1.165, 1.54) is 6.07 Å². The van der Waals surface area contributed by atoms with Gasteiger partial charge in [-0.2, -0.15) is 0 Å². The molecular formula is C23H19F2N3. The van der Waals surface area contributed by atoms with Gasteiger partial charge in [-0.05, 0) is 48.7 Å². The fourth-order valence-corrected chi connectivity index (χ4v) is 3.84. The Bertz CT molecular complexity index is 1100. The Hall–Kier alpha value is -3.39. The molecule has 3 nitrogen and oxygen atoms in total. The van der Waals surface area contributed by atoms with E-state index in [9.17, 15) is 8.78 Å². The van der Waals surface area contributed by atoms with E-state index in [-0.39, 0.29) is 11.9 Å². The van der Waals surface area contributed by atoms with E-state index in [4.69, 9.17) is 6.57 Å². The molecule has 1 heterocycles. The maximum atomic E-state index is 14.8. The van der Waals surface area contributed by atoms with Crippen LogP contribution in [-0.4, -0.2) is 13.2 Å². The average molecular weight is 375 g/mol. The lowest BCUT2D eigenvalue weighted by atomic mass is 10.0. The van der Waals surface area contributed by atoms with Gasteiger partial charge < -0.3 is 9.80 Å². The quantitative estimate of drug-likeness (QED) is 0.478. The molecule has 0 aromatic heterocycles. The summed E-state index contributed by atoms with van der Waals surface area (Å²) in [6.45, 7) is 11.0. The molecule has 0 spiro atoms. The summed E-state index contributed by atoms with van der Waals surface area (Å²) in [6, 6.07) is 17.4. The minimum atomic E-state index is -0.836. The summed E-state index contributed by atoms with van der Waals surface area (Å²) in [6.07, 6.45) is -0.217. The van der Waals surface area contributed by atoms with Gasteiger partial charge >= 0.3 is 0 Å². The molecule has 0 saturated carbocycles. The largest absolute Gasteiger partial charge is 0.351 e. The molecule has 1 aliphatic heterocycles. The van der Waals surface area contributed by atoms with Crippen LogP contribution in [0.5, 0.6) is 0 Å². The molecule has 4 rings (SSSR count). The van der Waals surface area contributed by atoms with Crippen LogP contribution in [-0.2, 0) is 0 Å². The van der Waals surface area contributed by atoms with Crippen LogP contribution in [0.2, 0.25) is 0 Å². The minimum Gasteiger partial charge on any atom is -0.351 e. The van der Waals surface area contributed by atoms with Crippen molar-refractivity contribution >= 4 is 22.7 Å². The first-order chi connectivity index (χ1) is 13.4. The second-order valence-electron chi connectivity index (χ2n) is 6.98. The third-order valence-corrected chi connectivity index (χ3v) is 5.37. The molecule has 0 amide bonds. The standard InChI is InChI=1S/C23H19F2N3/c1-14-12-17(16-8-6-5-7-9-16)10-11-19(14)28-15(2)27(4)23-20(28)13-18(24)22(26-3)21(23)25/h5-13,15H,1-2,4H3/t15-/m0/s1. The SMILES string of the molecule is [C-]#[N+]c1c(F)cc2c(c1F)N(C)[C@H](C)N2c1ccc(-c2ccccc2)cc1C. The van der Waals surface area contributed by atoms with Crippen LogP contribution in [0.25, 0.3) is 16.0 Å². The molecule has 0 aliphatic carbocycles. The number of rotatable bonds is 2. The second kappa shape index (κ2) is 6.65. The number of anilines is 3. The lowest BCUT2D eigenvalue weighted by Gasteiger charge is -2.29. The normalized spacial score (nSPS) is 15.5. The van der Waals surface area contributed by atoms with Crippen molar-refractivity contribution in [2.45, 2.75) is 20.0 Å². The molecule has 140 valence electrons. The summed E-state index contributed by atoms with van der Waals surface area (Å²) in [5.74, 6) is -1.64. The van der Waals surface area contributed by atoms with Gasteiger partial charge in [0.25, 0.3) is 5.69 Å². The van der Waals surface area contributed by atoms with Crippen LogP contribution >= 0.6 is 0 Å². The van der Waals surface area contributed by atoms with Crippen molar-refractivity contribution in [3.05, 3.63) is 83.2 Å². The molecular weight excluding hydrogens is 356 g/mol. The predicted molar refractivity (Wildman–Crippen MR) is 109 cm³/mol. The van der Waals surface area contributed by atoms with Crippen molar-refractivity contribution < 1.29 is 8.78 Å². The molecule has 0 fully saturated rings. The zero-order valence-corrected chi connectivity index (χ0v) is 15.9. The highest BCUT2D eigenvalue weighted by atomic mass is 19.1. The predicted octanol–water partition coefficient (Wildman–Crippen LogP) is 6.42. The highest BCUT2D eigenvalue weighted by molar-refractivity contribution is 5.88. The van der Waals surface area contributed by atoms with Gasteiger partial charge in [-0.15, -0.1) is 0 Å². The lowest BCUT2D eigenvalue weighted by molar-refractivity contribution is 0.594. The highest BCUT2D eigenvalue weighted by Gasteiger charge is 2.36. The van der Waals surface area contributed by atoms with Crippen LogP contribution in [0.1, 0.15) is 12.5 Å². The van der Waals surface area contributed by atoms with Gasteiger partial charge in [0.2, 0.25) is 0 Å². The Labute approximate surface area is 163 Å². The third kappa shape index (κ3) is 2.61. The van der Waals surface area contributed by atoms with E-state index < -0.39 is 17.3 Å². The lowest BCUT2D eigenvalue weighted by Crippen LogP contribution is -2.36. The summed E-state index contributed by atoms with van der Waals surface area (Å²) in [5, 5.41) is 0. The first-order valence-corrected chi connectivity index (χ1v) is 9.01. The molecule has 0 radical (unpaired) electrons. The smallest absolute Gasteiger partial charge is 0.259 e. The number of hydrogen-bond acceptors (Lipinski definition) is 2. The summed E-state index contributed by atoms with van der Waals surface area (Å²) in [4.78, 5) is 6.68. The maximum Gasteiger partial charge on any atom is 0.259 e. The molecule has 0 bridgehead atoms. The number of hydrogen-bond donors (Lipinski definition) is 0. The van der Waals surface area contributed by atoms with E-state index in [0.29, 0.717) is 5.69 Å². The molecule has 1 aliphatic rings. The van der Waals surface area contributed by atoms with Gasteiger partial charge in [0, 0.05) is 12.7 Å². The molecule has 3 aromatic carbocycles. The van der Waals surface area contributed by atoms with Crippen molar-refractivity contribution in [1.29, 1.82) is 0 Å². The Balaban J connectivity index is 1.85. The summed E-state index contributed by atoms with van der Waals surface area (Å²) in [7, 11) is 1.76. The first kappa shape index (κ1) is 18.0. The molecule has 0 N–H and O–H groups in total. The topological polar surface area (TPSA) is 10.8 Å². The number of nitrogens with zero attached hydrogens (tertiary/aromatic N) is 3. The van der Waals surface area contributed by atoms with Crippen molar-refractivity contribution in [3.8, 4) is 11.1 Å². The van der Waals surface area contributed by atoms with Crippen LogP contribution in [0, 0.1) is 25.1 Å². The van der Waals surface area contributed by atoms with Crippen molar-refractivity contribution in [1.82, 2.24) is 0 Å². The van der Waals surface area contributed by atoms with Gasteiger partial charge in [0.15, 0.2) is 5.82 Å². The Morgan fingerprint density at radius 1 is 0.964 bits per heavy atom. The van der Waals surface area contributed by atoms with Gasteiger partial charge in [0.1, 0.15) is 12.0 Å². The fraction of sp³-hybridized carbons (Fsp3) is 0.174. The van der Waals surface area contributed by atoms with E-state index in [0.717, 1.165) is 22.4 Å². The van der Waals surface area contributed by atoms with E-state index in [1.54, 1.807) is 11.9 Å². The van der Waals surface area contributed by atoms with E-state index in [2.05, 4.69) is 10.9 Å². The molecule has 0 saturated heterocycles. The van der Waals surface area contributed by atoms with Crippen molar-refractivity contribution in [2.24, 2.45) is 0 Å². The maximum absolute atomic E-state index is 14.8. The van der Waals surface area contributed by atoms with Crippen LogP contribution in [0.15, 0.2) is 54.6 Å². The zero-order chi connectivity index (χ0) is 20.0. The summed E-state index contributed by atoms with van der Waals surface area (Å²) < 4.78 is 29.1. The summed E-state index contributed by atoms with van der Waals surface area (Å²) >= 11 is 0. The first-order valence-electron chi connectivity index (χ1n) is 9.01. The average Bonchev–Trinajstić information content (AvgIpc) is 2.93. The monoisotopic (exact) mass is 375 g/mol. The number of halogens is 2. The molecule has 1 atom stereocenters. The van der Waals surface area contributed by atoms with Gasteiger partial charge in [-0.3, -0.25) is 0 Å². The van der Waals surface area contributed by atoms with Crippen LogP contribution in [0.3, 0.4) is 0 Å². The fourth-order valence-electron chi connectivity index (χ4n) is 3.84. The molecule has 0 unspecified atom stereocenters. The van der Waals surface area contributed by atoms with Gasteiger partial charge in [-0.1, -0.05) is 36.4 Å². The molecule has 28 heavy (non-hydrogen) atoms. The zero-order valence-electron chi connectivity index (χ0n) is 15.9. The Morgan fingerprint density at radius 3 is 2.32 bits per heavy atom. The van der Waals surface area contributed by atoms with Gasteiger partial charge in [0.05, 0.1) is 17.9 Å². The Morgan fingerprint density at radius 2 is 1.68 bits per heavy atom. The van der Waals surface area contributed by atoms with Gasteiger partial charge in [-0.25, -0.2) is 13.6 Å². The van der Waals surface area contributed by atoms with Crippen LogP contribution < -0.4 is 9.80 Å². The number of aryl methyl sites for hydroxylation is 1. The van der Waals surface area contributed by atoms with Crippen molar-refractivity contribution in [3.63, 3.8) is 0 Å². The van der Waals surface area contributed by atoms with Crippen LogP contribution in [0.4, 0.5) is 31.5 Å². The minimum absolute atomic E-state index is 0.217. The van der Waals surface area contributed by atoms with E-state index >= 15 is 0 Å². The van der Waals surface area contributed by atoms with Crippen molar-refractivity contribution in [2.75, 3.05) is 16.8 Å². The number of fused-ring (bicyclic) bond motifs is 1. The summed E-state index contributed by atoms with van der Waals surface area (Å²) in [5.41, 5.74) is 4.22. The molecule has 3 aromatic rings.